The maximum Gasteiger partial charge on any atom is 0.244 e. The highest BCUT2D eigenvalue weighted by atomic mass is 19.1. The van der Waals surface area contributed by atoms with Crippen LogP contribution in [-0.4, -0.2) is 38.1 Å². The van der Waals surface area contributed by atoms with Crippen LogP contribution in [0.5, 0.6) is 5.75 Å². The maximum atomic E-state index is 13.7. The number of benzene rings is 1. The second kappa shape index (κ2) is 5.35. The van der Waals surface area contributed by atoms with Crippen LogP contribution in [0.15, 0.2) is 18.2 Å². The zero-order valence-corrected chi connectivity index (χ0v) is 10.6. The van der Waals surface area contributed by atoms with Crippen molar-refractivity contribution in [3.05, 3.63) is 29.6 Å². The highest BCUT2D eigenvalue weighted by Crippen LogP contribution is 2.23. The van der Waals surface area contributed by atoms with Crippen molar-refractivity contribution >= 4 is 5.91 Å². The monoisotopic (exact) mass is 252 g/mol. The number of amides is 1. The molecule has 4 nitrogen and oxygen atoms in total. The first-order valence-electron chi connectivity index (χ1n) is 5.95. The van der Waals surface area contributed by atoms with Crippen molar-refractivity contribution in [3.8, 4) is 5.75 Å². The molecule has 18 heavy (non-hydrogen) atoms. The van der Waals surface area contributed by atoms with E-state index in [1.807, 2.05) is 0 Å². The Bertz CT molecular complexity index is 451. The lowest BCUT2D eigenvalue weighted by Crippen LogP contribution is -2.35. The Hall–Kier alpha value is -1.62. The molecule has 0 spiro atoms. The Morgan fingerprint density at radius 3 is 2.94 bits per heavy atom. The molecule has 1 N–H and O–H groups in total. The Kier molecular flexibility index (Phi) is 3.81. The Balaban J connectivity index is 2.29. The van der Waals surface area contributed by atoms with Crippen LogP contribution < -0.4 is 10.1 Å². The van der Waals surface area contributed by atoms with Crippen molar-refractivity contribution in [3.63, 3.8) is 0 Å². The predicted molar refractivity (Wildman–Crippen MR) is 65.9 cm³/mol. The third-order valence-corrected chi connectivity index (χ3v) is 3.15. The van der Waals surface area contributed by atoms with Crippen LogP contribution in [0.1, 0.15) is 18.0 Å². The van der Waals surface area contributed by atoms with Gasteiger partial charge < -0.3 is 15.0 Å². The third kappa shape index (κ3) is 2.46. The lowest BCUT2D eigenvalue weighted by molar-refractivity contribution is -0.131. The van der Waals surface area contributed by atoms with Gasteiger partial charge in [0, 0.05) is 13.6 Å². The molecule has 0 aromatic heterocycles. The number of methoxy groups -OCH3 is 1. The van der Waals surface area contributed by atoms with Gasteiger partial charge in [0.1, 0.15) is 6.04 Å². The van der Waals surface area contributed by atoms with Gasteiger partial charge in [-0.1, -0.05) is 6.07 Å². The molecule has 98 valence electrons. The number of rotatable bonds is 2. The minimum absolute atomic E-state index is 0.0305. The van der Waals surface area contributed by atoms with Crippen LogP contribution in [0.3, 0.4) is 0 Å². The fourth-order valence-corrected chi connectivity index (χ4v) is 2.10. The first kappa shape index (κ1) is 12.8. The van der Waals surface area contributed by atoms with Crippen LogP contribution >= 0.6 is 0 Å². The summed E-state index contributed by atoms with van der Waals surface area (Å²) in [6.07, 6.45) is 0.900. The predicted octanol–water partition coefficient (Wildman–Crippen LogP) is 1.33. The van der Waals surface area contributed by atoms with Gasteiger partial charge in [-0.25, -0.2) is 4.39 Å². The van der Waals surface area contributed by atoms with E-state index in [2.05, 4.69) is 5.32 Å². The molecule has 1 aromatic rings. The molecule has 2 rings (SSSR count). The smallest absolute Gasteiger partial charge is 0.244 e. The van der Waals surface area contributed by atoms with Gasteiger partial charge in [0.25, 0.3) is 0 Å². The summed E-state index contributed by atoms with van der Waals surface area (Å²) in [7, 11) is 3.18. The molecule has 1 saturated heterocycles. The number of hydrogen-bond donors (Lipinski definition) is 1. The standard InChI is InChI=1S/C13H17FN2O2/c1-16-7-3-6-15-12(13(16)17)9-4-5-11(18-2)10(14)8-9/h4-5,8,12,15H,3,6-7H2,1-2H3. The molecule has 1 fully saturated rings. The number of nitrogens with zero attached hydrogens (tertiary/aromatic N) is 1. The van der Waals surface area contributed by atoms with Gasteiger partial charge in [-0.05, 0) is 30.7 Å². The Morgan fingerprint density at radius 2 is 2.28 bits per heavy atom. The normalized spacial score (nSPS) is 20.7. The minimum atomic E-state index is -0.474. The summed E-state index contributed by atoms with van der Waals surface area (Å²) in [4.78, 5) is 13.8. The van der Waals surface area contributed by atoms with E-state index < -0.39 is 11.9 Å². The summed E-state index contributed by atoms with van der Waals surface area (Å²) in [5.41, 5.74) is 0.632. The third-order valence-electron chi connectivity index (χ3n) is 3.15. The van der Waals surface area contributed by atoms with Crippen LogP contribution in [-0.2, 0) is 4.79 Å². The summed E-state index contributed by atoms with van der Waals surface area (Å²) in [6.45, 7) is 1.47. The average molecular weight is 252 g/mol. The van der Waals surface area contributed by atoms with Crippen molar-refractivity contribution < 1.29 is 13.9 Å². The van der Waals surface area contributed by atoms with Crippen LogP contribution in [0.25, 0.3) is 0 Å². The molecule has 1 atom stereocenters. The Morgan fingerprint density at radius 1 is 1.50 bits per heavy atom. The number of ether oxygens (including phenoxy) is 1. The summed E-state index contributed by atoms with van der Waals surface area (Å²) in [5.74, 6) is -0.290. The largest absolute Gasteiger partial charge is 0.494 e. The van der Waals surface area contributed by atoms with E-state index in [9.17, 15) is 9.18 Å². The molecular weight excluding hydrogens is 235 g/mol. The van der Waals surface area contributed by atoms with Crippen molar-refractivity contribution in [2.24, 2.45) is 0 Å². The first-order chi connectivity index (χ1) is 8.63. The van der Waals surface area contributed by atoms with E-state index in [0.29, 0.717) is 5.56 Å². The highest BCUT2D eigenvalue weighted by Gasteiger charge is 2.26. The molecule has 5 heteroatoms. The van der Waals surface area contributed by atoms with Crippen molar-refractivity contribution in [2.75, 3.05) is 27.2 Å². The molecule has 1 heterocycles. The van der Waals surface area contributed by atoms with Crippen LogP contribution in [0.2, 0.25) is 0 Å². The molecule has 1 unspecified atom stereocenters. The number of nitrogens with one attached hydrogen (secondary N) is 1. The molecule has 1 aromatic carbocycles. The molecule has 0 aliphatic carbocycles. The molecule has 1 aliphatic rings. The van der Waals surface area contributed by atoms with Gasteiger partial charge in [0.15, 0.2) is 11.6 Å². The molecule has 1 aliphatic heterocycles. The summed E-state index contributed by atoms with van der Waals surface area (Å²) >= 11 is 0. The van der Waals surface area contributed by atoms with E-state index in [1.54, 1.807) is 24.1 Å². The highest BCUT2D eigenvalue weighted by molar-refractivity contribution is 5.83. The molecule has 0 bridgehead atoms. The summed E-state index contributed by atoms with van der Waals surface area (Å²) < 4.78 is 18.5. The van der Waals surface area contributed by atoms with E-state index in [0.717, 1.165) is 19.5 Å². The fraction of sp³-hybridized carbons (Fsp3) is 0.462. The zero-order chi connectivity index (χ0) is 13.1. The van der Waals surface area contributed by atoms with Crippen molar-refractivity contribution in [2.45, 2.75) is 12.5 Å². The first-order valence-corrected chi connectivity index (χ1v) is 5.95. The van der Waals surface area contributed by atoms with Gasteiger partial charge in [-0.3, -0.25) is 4.79 Å². The fourth-order valence-electron chi connectivity index (χ4n) is 2.10. The zero-order valence-electron chi connectivity index (χ0n) is 10.6. The SMILES string of the molecule is COc1ccc(C2NCCCN(C)C2=O)cc1F. The van der Waals surface area contributed by atoms with Gasteiger partial charge in [0.2, 0.25) is 5.91 Å². The summed E-state index contributed by atoms with van der Waals surface area (Å²) in [6, 6.07) is 4.15. The van der Waals surface area contributed by atoms with E-state index in [1.165, 1.54) is 13.2 Å². The van der Waals surface area contributed by atoms with Gasteiger partial charge >= 0.3 is 0 Å². The second-order valence-corrected chi connectivity index (χ2v) is 4.39. The maximum absolute atomic E-state index is 13.7. The Labute approximate surface area is 106 Å². The second-order valence-electron chi connectivity index (χ2n) is 4.39. The van der Waals surface area contributed by atoms with E-state index >= 15 is 0 Å². The molecular formula is C13H17FN2O2. The van der Waals surface area contributed by atoms with Crippen LogP contribution in [0, 0.1) is 5.82 Å². The average Bonchev–Trinajstić information content (AvgIpc) is 2.53. The number of likely N-dealkylation sites (N-methyl/N-ethyl adjacent to an activating group) is 1. The quantitative estimate of drug-likeness (QED) is 0.863. The number of halogens is 1. The van der Waals surface area contributed by atoms with Gasteiger partial charge in [0.05, 0.1) is 7.11 Å². The molecule has 0 saturated carbocycles. The minimum Gasteiger partial charge on any atom is -0.494 e. The van der Waals surface area contributed by atoms with E-state index in [-0.39, 0.29) is 11.7 Å². The lowest BCUT2D eigenvalue weighted by Gasteiger charge is -2.20. The summed E-state index contributed by atoms with van der Waals surface area (Å²) in [5, 5.41) is 3.14. The van der Waals surface area contributed by atoms with Crippen LogP contribution in [0.4, 0.5) is 4.39 Å². The molecule has 1 amide bonds. The lowest BCUT2D eigenvalue weighted by atomic mass is 10.1. The van der Waals surface area contributed by atoms with Crippen molar-refractivity contribution in [1.82, 2.24) is 10.2 Å². The van der Waals surface area contributed by atoms with Gasteiger partial charge in [-0.2, -0.15) is 0 Å². The number of hydrogen-bond acceptors (Lipinski definition) is 3. The topological polar surface area (TPSA) is 41.6 Å². The number of carbonyl (C=O) groups excluding carboxylic acids is 1. The van der Waals surface area contributed by atoms with Gasteiger partial charge in [-0.15, -0.1) is 0 Å². The van der Waals surface area contributed by atoms with Crippen molar-refractivity contribution in [1.29, 1.82) is 0 Å². The molecule has 0 radical (unpaired) electrons. The van der Waals surface area contributed by atoms with E-state index in [4.69, 9.17) is 4.74 Å². The number of carbonyl (C=O) groups is 1.